The Morgan fingerprint density at radius 3 is 2.41 bits per heavy atom. The van der Waals surface area contributed by atoms with E-state index in [1.54, 1.807) is 24.3 Å². The molecule has 0 radical (unpaired) electrons. The highest BCUT2D eigenvalue weighted by Crippen LogP contribution is 2.39. The van der Waals surface area contributed by atoms with Crippen LogP contribution in [0, 0.1) is 17.2 Å². The number of imide groups is 1. The minimum Gasteiger partial charge on any atom is -0.315 e. The maximum Gasteiger partial charge on any atom is 0.262 e. The Balaban J connectivity index is 1.50. The fourth-order valence-electron chi connectivity index (χ4n) is 4.78. The Kier molecular flexibility index (Phi) is 5.76. The summed E-state index contributed by atoms with van der Waals surface area (Å²) < 4.78 is 0. The number of amides is 3. The highest BCUT2D eigenvalue weighted by molar-refractivity contribution is 7.16. The van der Waals surface area contributed by atoms with Crippen LogP contribution in [0.4, 0.5) is 5.00 Å². The van der Waals surface area contributed by atoms with Crippen LogP contribution in [0.15, 0.2) is 54.6 Å². The monoisotopic (exact) mass is 469 g/mol. The van der Waals surface area contributed by atoms with Gasteiger partial charge < -0.3 is 5.32 Å². The SMILES string of the molecule is C[C@@H]1CCc2c(sc(NC(=O)[C@@H](Cc3ccccc3)N3C(=O)c4ccccc4C3=O)c2C#N)C1. The van der Waals surface area contributed by atoms with E-state index in [1.807, 2.05) is 30.3 Å². The van der Waals surface area contributed by atoms with E-state index < -0.39 is 23.8 Å². The average molecular weight is 470 g/mol. The van der Waals surface area contributed by atoms with Crippen molar-refractivity contribution in [2.24, 2.45) is 5.92 Å². The number of carbonyl (C=O) groups excluding carboxylic acids is 3. The standard InChI is InChI=1S/C27H23N3O3S/c1-16-11-12-18-21(15-28)25(34-23(18)13-16)29-24(31)22(14-17-7-3-2-4-8-17)30-26(32)19-9-5-6-10-20(19)27(30)33/h2-10,16,22H,11-14H2,1H3,(H,29,31)/t16-,22-/m1/s1. The largest absolute Gasteiger partial charge is 0.315 e. The lowest BCUT2D eigenvalue weighted by atomic mass is 9.88. The molecule has 2 atom stereocenters. The molecule has 34 heavy (non-hydrogen) atoms. The molecular weight excluding hydrogens is 446 g/mol. The molecule has 6 nitrogen and oxygen atoms in total. The van der Waals surface area contributed by atoms with Gasteiger partial charge >= 0.3 is 0 Å². The van der Waals surface area contributed by atoms with E-state index in [2.05, 4.69) is 18.3 Å². The van der Waals surface area contributed by atoms with Gasteiger partial charge in [0, 0.05) is 11.3 Å². The first kappa shape index (κ1) is 22.1. The van der Waals surface area contributed by atoms with Gasteiger partial charge in [-0.05, 0) is 48.4 Å². The summed E-state index contributed by atoms with van der Waals surface area (Å²) in [5.41, 5.74) is 2.95. The molecule has 2 aliphatic rings. The van der Waals surface area contributed by atoms with Crippen molar-refractivity contribution in [3.8, 4) is 6.07 Å². The molecule has 1 aromatic heterocycles. The molecule has 1 aliphatic carbocycles. The fraction of sp³-hybridized carbons (Fsp3) is 0.259. The Morgan fingerprint density at radius 2 is 1.76 bits per heavy atom. The summed E-state index contributed by atoms with van der Waals surface area (Å²) in [4.78, 5) is 42.2. The number of thiophene rings is 1. The lowest BCUT2D eigenvalue weighted by Crippen LogP contribution is -2.48. The maximum atomic E-state index is 13.6. The number of hydrogen-bond acceptors (Lipinski definition) is 5. The molecule has 0 fully saturated rings. The molecular formula is C27H23N3O3S. The predicted octanol–water partition coefficient (Wildman–Crippen LogP) is 4.59. The smallest absolute Gasteiger partial charge is 0.262 e. The third-order valence-electron chi connectivity index (χ3n) is 6.57. The number of nitrogens with zero attached hydrogens (tertiary/aromatic N) is 2. The molecule has 3 aromatic rings. The van der Waals surface area contributed by atoms with Crippen LogP contribution in [0.25, 0.3) is 0 Å². The number of hydrogen-bond donors (Lipinski definition) is 1. The zero-order valence-electron chi connectivity index (χ0n) is 18.7. The Bertz CT molecular complexity index is 1300. The summed E-state index contributed by atoms with van der Waals surface area (Å²) in [5, 5.41) is 13.2. The molecule has 3 amide bonds. The number of fused-ring (bicyclic) bond motifs is 2. The van der Waals surface area contributed by atoms with Gasteiger partial charge in [0.25, 0.3) is 11.8 Å². The number of rotatable bonds is 5. The van der Waals surface area contributed by atoms with Crippen molar-refractivity contribution in [2.45, 2.75) is 38.6 Å². The normalized spacial score (nSPS) is 17.6. The topological polar surface area (TPSA) is 90.3 Å². The van der Waals surface area contributed by atoms with Crippen LogP contribution >= 0.6 is 11.3 Å². The van der Waals surface area contributed by atoms with Crippen LogP contribution in [0.2, 0.25) is 0 Å². The summed E-state index contributed by atoms with van der Waals surface area (Å²) in [5.74, 6) is -0.889. The van der Waals surface area contributed by atoms with Crippen molar-refractivity contribution < 1.29 is 14.4 Å². The van der Waals surface area contributed by atoms with Crippen molar-refractivity contribution in [3.63, 3.8) is 0 Å². The maximum absolute atomic E-state index is 13.6. The zero-order valence-corrected chi connectivity index (χ0v) is 19.5. The molecule has 0 unspecified atom stereocenters. The number of anilines is 1. The molecule has 7 heteroatoms. The van der Waals surface area contributed by atoms with Gasteiger partial charge in [-0.15, -0.1) is 11.3 Å². The van der Waals surface area contributed by atoms with E-state index in [9.17, 15) is 19.6 Å². The van der Waals surface area contributed by atoms with Gasteiger partial charge in [-0.3, -0.25) is 19.3 Å². The summed E-state index contributed by atoms with van der Waals surface area (Å²) in [7, 11) is 0. The van der Waals surface area contributed by atoms with Crippen LogP contribution in [0.3, 0.4) is 0 Å². The van der Waals surface area contributed by atoms with Crippen LogP contribution < -0.4 is 5.32 Å². The average Bonchev–Trinajstić information content (AvgIpc) is 3.31. The first-order valence-electron chi connectivity index (χ1n) is 11.3. The number of benzene rings is 2. The lowest BCUT2D eigenvalue weighted by molar-refractivity contribution is -0.119. The van der Waals surface area contributed by atoms with E-state index in [0.29, 0.717) is 27.6 Å². The Morgan fingerprint density at radius 1 is 1.12 bits per heavy atom. The van der Waals surface area contributed by atoms with Gasteiger partial charge in [-0.25, -0.2) is 0 Å². The minimum absolute atomic E-state index is 0.183. The van der Waals surface area contributed by atoms with Crippen LogP contribution in [-0.4, -0.2) is 28.7 Å². The quantitative estimate of drug-likeness (QED) is 0.554. The molecule has 0 bridgehead atoms. The van der Waals surface area contributed by atoms with E-state index >= 15 is 0 Å². The molecule has 170 valence electrons. The van der Waals surface area contributed by atoms with Gasteiger partial charge in [-0.2, -0.15) is 5.26 Å². The molecule has 1 N–H and O–H groups in total. The van der Waals surface area contributed by atoms with Gasteiger partial charge in [0.2, 0.25) is 5.91 Å². The van der Waals surface area contributed by atoms with Crippen molar-refractivity contribution in [2.75, 3.05) is 5.32 Å². The van der Waals surface area contributed by atoms with Crippen molar-refractivity contribution >= 4 is 34.1 Å². The third kappa shape index (κ3) is 3.80. The predicted molar refractivity (Wildman–Crippen MR) is 130 cm³/mol. The number of nitriles is 1. The summed E-state index contributed by atoms with van der Waals surface area (Å²) >= 11 is 1.43. The van der Waals surface area contributed by atoms with Crippen molar-refractivity contribution in [1.82, 2.24) is 4.90 Å². The van der Waals surface area contributed by atoms with Crippen molar-refractivity contribution in [3.05, 3.63) is 87.3 Å². The van der Waals surface area contributed by atoms with Crippen LogP contribution in [0.1, 0.15) is 55.6 Å². The molecule has 0 saturated carbocycles. The van der Waals surface area contributed by atoms with Crippen LogP contribution in [-0.2, 0) is 24.1 Å². The second-order valence-corrected chi connectivity index (χ2v) is 9.99. The summed E-state index contributed by atoms with van der Waals surface area (Å²) in [6.07, 6.45) is 2.90. The van der Waals surface area contributed by atoms with Crippen LogP contribution in [0.5, 0.6) is 0 Å². The second kappa shape index (κ2) is 8.88. The van der Waals surface area contributed by atoms with Gasteiger partial charge in [0.15, 0.2) is 0 Å². The van der Waals surface area contributed by atoms with Crippen molar-refractivity contribution in [1.29, 1.82) is 5.26 Å². The zero-order chi connectivity index (χ0) is 23.8. The summed E-state index contributed by atoms with van der Waals surface area (Å²) in [6, 6.07) is 17.2. The highest BCUT2D eigenvalue weighted by Gasteiger charge is 2.43. The van der Waals surface area contributed by atoms with E-state index in [-0.39, 0.29) is 6.42 Å². The molecule has 0 saturated heterocycles. The Labute approximate surface area is 201 Å². The van der Waals surface area contributed by atoms with Gasteiger partial charge in [0.05, 0.1) is 16.7 Å². The molecule has 1 aliphatic heterocycles. The molecule has 2 aromatic carbocycles. The highest BCUT2D eigenvalue weighted by atomic mass is 32.1. The van der Waals surface area contributed by atoms with Gasteiger partial charge in [0.1, 0.15) is 17.1 Å². The first-order chi connectivity index (χ1) is 16.5. The first-order valence-corrected chi connectivity index (χ1v) is 12.2. The molecule has 0 spiro atoms. The number of carbonyl (C=O) groups is 3. The molecule has 2 heterocycles. The summed E-state index contributed by atoms with van der Waals surface area (Å²) in [6.45, 7) is 2.19. The van der Waals surface area contributed by atoms with E-state index in [0.717, 1.165) is 40.2 Å². The van der Waals surface area contributed by atoms with E-state index in [1.165, 1.54) is 11.3 Å². The molecule has 5 rings (SSSR count). The second-order valence-electron chi connectivity index (χ2n) is 8.89. The number of nitrogens with one attached hydrogen (secondary N) is 1. The lowest BCUT2D eigenvalue weighted by Gasteiger charge is -2.25. The minimum atomic E-state index is -1.04. The Hall–Kier alpha value is -3.76. The van der Waals surface area contributed by atoms with E-state index in [4.69, 9.17) is 0 Å². The third-order valence-corrected chi connectivity index (χ3v) is 7.74. The van der Waals surface area contributed by atoms with Gasteiger partial charge in [-0.1, -0.05) is 49.4 Å². The fourth-order valence-corrected chi connectivity index (χ4v) is 6.15.